The molecule has 0 aliphatic rings. The summed E-state index contributed by atoms with van der Waals surface area (Å²) in [4.78, 5) is 41.0. The minimum atomic E-state index is -1.82. The summed E-state index contributed by atoms with van der Waals surface area (Å²) in [5.41, 5.74) is 0. The zero-order valence-electron chi connectivity index (χ0n) is 7.73. The lowest BCUT2D eigenvalue weighted by molar-refractivity contribution is 0.103. The van der Waals surface area contributed by atoms with Crippen LogP contribution in [0.5, 0.6) is 0 Å². The molecule has 10 nitrogen and oxygen atoms in total. The van der Waals surface area contributed by atoms with E-state index in [1.807, 2.05) is 0 Å². The minimum Gasteiger partial charge on any atom is -0.465 e. The van der Waals surface area contributed by atoms with Gasteiger partial charge in [-0.1, -0.05) is 0 Å². The SMILES string of the molecule is O=C(O)N(CCN(C(=O)O)C(=O)O)C(=O)O. The van der Waals surface area contributed by atoms with Crippen molar-refractivity contribution in [1.82, 2.24) is 9.80 Å². The Labute approximate surface area is 87.9 Å². The second-order valence-electron chi connectivity index (χ2n) is 2.43. The van der Waals surface area contributed by atoms with Gasteiger partial charge < -0.3 is 20.4 Å². The van der Waals surface area contributed by atoms with E-state index in [-0.39, 0.29) is 9.80 Å². The molecule has 0 rings (SSSR count). The summed E-state index contributed by atoms with van der Waals surface area (Å²) < 4.78 is 0. The summed E-state index contributed by atoms with van der Waals surface area (Å²) in [6.07, 6.45) is -7.27. The van der Waals surface area contributed by atoms with Crippen LogP contribution in [0.2, 0.25) is 0 Å². The second-order valence-corrected chi connectivity index (χ2v) is 2.43. The van der Waals surface area contributed by atoms with Gasteiger partial charge >= 0.3 is 24.4 Å². The van der Waals surface area contributed by atoms with Crippen molar-refractivity contribution in [3.63, 3.8) is 0 Å². The van der Waals surface area contributed by atoms with Crippen molar-refractivity contribution < 1.29 is 39.6 Å². The number of hydrogen-bond donors (Lipinski definition) is 4. The van der Waals surface area contributed by atoms with Crippen molar-refractivity contribution in [3.8, 4) is 0 Å². The first-order valence-corrected chi connectivity index (χ1v) is 3.74. The first kappa shape index (κ1) is 13.5. The van der Waals surface area contributed by atoms with Crippen LogP contribution in [0.25, 0.3) is 0 Å². The van der Waals surface area contributed by atoms with Crippen LogP contribution in [0.1, 0.15) is 0 Å². The Morgan fingerprint density at radius 2 is 0.812 bits per heavy atom. The number of carbonyl (C=O) groups is 4. The molecule has 0 fully saturated rings. The number of amides is 4. The highest BCUT2D eigenvalue weighted by Gasteiger charge is 2.25. The molecule has 16 heavy (non-hydrogen) atoms. The first-order chi connectivity index (χ1) is 7.27. The molecule has 0 spiro atoms. The molecule has 0 heterocycles. The molecule has 0 atom stereocenters. The predicted octanol–water partition coefficient (Wildman–Crippen LogP) is 0.302. The molecule has 0 aromatic heterocycles. The van der Waals surface area contributed by atoms with Crippen molar-refractivity contribution >= 4 is 24.4 Å². The number of hydrogen-bond acceptors (Lipinski definition) is 4. The van der Waals surface area contributed by atoms with E-state index in [0.29, 0.717) is 0 Å². The van der Waals surface area contributed by atoms with Gasteiger partial charge in [-0.3, -0.25) is 0 Å². The Morgan fingerprint density at radius 1 is 0.625 bits per heavy atom. The fourth-order valence-corrected chi connectivity index (χ4v) is 0.746. The molecule has 90 valence electrons. The molecule has 0 unspecified atom stereocenters. The molecule has 0 bridgehead atoms. The molecule has 10 heteroatoms. The molecule has 4 amide bonds. The third kappa shape index (κ3) is 3.69. The van der Waals surface area contributed by atoms with Gasteiger partial charge in [0.15, 0.2) is 0 Å². The molecule has 0 saturated heterocycles. The summed E-state index contributed by atoms with van der Waals surface area (Å²) in [6, 6.07) is 0. The summed E-state index contributed by atoms with van der Waals surface area (Å²) in [7, 11) is 0. The molecular formula is C6H8N2O8. The highest BCUT2D eigenvalue weighted by Crippen LogP contribution is 1.96. The maximum Gasteiger partial charge on any atom is 0.416 e. The largest absolute Gasteiger partial charge is 0.465 e. The lowest BCUT2D eigenvalue weighted by atomic mass is 10.5. The van der Waals surface area contributed by atoms with Crippen molar-refractivity contribution in [2.24, 2.45) is 0 Å². The Morgan fingerprint density at radius 3 is 0.938 bits per heavy atom. The summed E-state index contributed by atoms with van der Waals surface area (Å²) >= 11 is 0. The molecule has 0 aliphatic carbocycles. The minimum absolute atomic E-state index is 0.126. The molecule has 0 aliphatic heterocycles. The smallest absolute Gasteiger partial charge is 0.416 e. The van der Waals surface area contributed by atoms with E-state index in [1.165, 1.54) is 0 Å². The maximum atomic E-state index is 10.3. The zero-order chi connectivity index (χ0) is 12.9. The van der Waals surface area contributed by atoms with E-state index in [1.54, 1.807) is 0 Å². The van der Waals surface area contributed by atoms with E-state index in [0.717, 1.165) is 0 Å². The quantitative estimate of drug-likeness (QED) is 0.545. The topological polar surface area (TPSA) is 156 Å². The van der Waals surface area contributed by atoms with Gasteiger partial charge in [-0.15, -0.1) is 0 Å². The standard InChI is InChI=1S/C6H8N2O8/c9-3(10)7(4(11)12)1-2-8(5(13)14)6(15)16/h1-2H2,(H,9,10)(H,11,12)(H,13,14)(H,15,16). The molecule has 0 saturated carbocycles. The van der Waals surface area contributed by atoms with Crippen molar-refractivity contribution in [2.75, 3.05) is 13.1 Å². The van der Waals surface area contributed by atoms with Gasteiger partial charge in [0.1, 0.15) is 0 Å². The normalized spacial score (nSPS) is 9.25. The van der Waals surface area contributed by atoms with Crippen LogP contribution in [-0.2, 0) is 0 Å². The van der Waals surface area contributed by atoms with E-state index in [9.17, 15) is 19.2 Å². The summed E-state index contributed by atoms with van der Waals surface area (Å²) in [6.45, 7) is -1.58. The second kappa shape index (κ2) is 5.38. The highest BCUT2D eigenvalue weighted by atomic mass is 16.4. The van der Waals surface area contributed by atoms with E-state index in [4.69, 9.17) is 20.4 Å². The average Bonchev–Trinajstić information content (AvgIpc) is 2.09. The zero-order valence-corrected chi connectivity index (χ0v) is 7.73. The third-order valence-electron chi connectivity index (χ3n) is 1.47. The van der Waals surface area contributed by atoms with Gasteiger partial charge in [-0.25, -0.2) is 29.0 Å². The lowest BCUT2D eigenvalue weighted by Gasteiger charge is -2.17. The Hall–Kier alpha value is -2.52. The van der Waals surface area contributed by atoms with Crippen LogP contribution in [0.4, 0.5) is 19.2 Å². The van der Waals surface area contributed by atoms with Gasteiger partial charge in [0.25, 0.3) is 0 Å². The first-order valence-electron chi connectivity index (χ1n) is 3.74. The van der Waals surface area contributed by atoms with Crippen molar-refractivity contribution in [1.29, 1.82) is 0 Å². The molecule has 0 radical (unpaired) electrons. The lowest BCUT2D eigenvalue weighted by Crippen LogP contribution is -2.44. The van der Waals surface area contributed by atoms with E-state index >= 15 is 0 Å². The fraction of sp³-hybridized carbons (Fsp3) is 0.333. The number of imide groups is 2. The molecular weight excluding hydrogens is 228 g/mol. The third-order valence-corrected chi connectivity index (χ3v) is 1.47. The van der Waals surface area contributed by atoms with Gasteiger partial charge in [0.2, 0.25) is 0 Å². The van der Waals surface area contributed by atoms with Crippen LogP contribution in [-0.4, -0.2) is 67.7 Å². The molecule has 0 aromatic carbocycles. The monoisotopic (exact) mass is 236 g/mol. The van der Waals surface area contributed by atoms with Crippen LogP contribution in [0, 0.1) is 0 Å². The van der Waals surface area contributed by atoms with Crippen LogP contribution >= 0.6 is 0 Å². The van der Waals surface area contributed by atoms with Crippen LogP contribution in [0.15, 0.2) is 0 Å². The van der Waals surface area contributed by atoms with Gasteiger partial charge in [-0.05, 0) is 0 Å². The van der Waals surface area contributed by atoms with E-state index < -0.39 is 37.5 Å². The van der Waals surface area contributed by atoms with Crippen LogP contribution in [0.3, 0.4) is 0 Å². The molecule has 4 N–H and O–H groups in total. The number of rotatable bonds is 3. The highest BCUT2D eigenvalue weighted by molar-refractivity contribution is 5.87. The maximum absolute atomic E-state index is 10.3. The molecule has 0 aromatic rings. The van der Waals surface area contributed by atoms with Gasteiger partial charge in [0, 0.05) is 0 Å². The Bertz CT molecular complexity index is 266. The van der Waals surface area contributed by atoms with Crippen molar-refractivity contribution in [3.05, 3.63) is 0 Å². The summed E-state index contributed by atoms with van der Waals surface area (Å²) in [5.74, 6) is 0. The van der Waals surface area contributed by atoms with Gasteiger partial charge in [0.05, 0.1) is 13.1 Å². The summed E-state index contributed by atoms with van der Waals surface area (Å²) in [5, 5.41) is 33.5. The van der Waals surface area contributed by atoms with Crippen molar-refractivity contribution in [2.45, 2.75) is 0 Å². The van der Waals surface area contributed by atoms with Crippen LogP contribution < -0.4 is 0 Å². The Balaban J connectivity index is 4.50. The Kier molecular flexibility index (Phi) is 4.54. The fourth-order valence-electron chi connectivity index (χ4n) is 0.746. The van der Waals surface area contributed by atoms with Gasteiger partial charge in [-0.2, -0.15) is 0 Å². The average molecular weight is 236 g/mol. The van der Waals surface area contributed by atoms with E-state index in [2.05, 4.69) is 0 Å². The number of nitrogens with zero attached hydrogens (tertiary/aromatic N) is 2. The predicted molar refractivity (Wildman–Crippen MR) is 45.5 cm³/mol. The number of carboxylic acid groups (broad SMARTS) is 4.